The van der Waals surface area contributed by atoms with Crippen LogP contribution in [0.2, 0.25) is 0 Å². The lowest BCUT2D eigenvalue weighted by Crippen LogP contribution is -2.20. The Balaban J connectivity index is 1.66. The van der Waals surface area contributed by atoms with Crippen LogP contribution in [0.5, 0.6) is 5.75 Å². The second-order valence-electron chi connectivity index (χ2n) is 6.65. The van der Waals surface area contributed by atoms with Gasteiger partial charge in [-0.2, -0.15) is 14.6 Å². The van der Waals surface area contributed by atoms with Crippen molar-refractivity contribution in [3.8, 4) is 5.75 Å². The van der Waals surface area contributed by atoms with E-state index in [0.29, 0.717) is 24.5 Å². The minimum atomic E-state index is -0.863. The smallest absolute Gasteiger partial charge is 0.377 e. The van der Waals surface area contributed by atoms with Crippen molar-refractivity contribution >= 4 is 27.8 Å². The van der Waals surface area contributed by atoms with Gasteiger partial charge >= 0.3 is 11.2 Å². The predicted molar refractivity (Wildman–Crippen MR) is 112 cm³/mol. The Labute approximate surface area is 171 Å². The molecule has 10 heteroatoms. The van der Waals surface area contributed by atoms with Gasteiger partial charge in [0.25, 0.3) is 0 Å². The van der Waals surface area contributed by atoms with E-state index in [1.807, 2.05) is 24.3 Å². The fraction of sp³-hybridized carbons (Fsp3) is 0.421. The van der Waals surface area contributed by atoms with Crippen LogP contribution in [0.15, 0.2) is 29.1 Å². The maximum Gasteiger partial charge on any atom is 0.377 e. The summed E-state index contributed by atoms with van der Waals surface area (Å²) >= 11 is 1.20. The SMILES string of the molecule is CCCCCCOc1cccc(CCc2nn3c(=O)c([N+](=O)[O-])c(N)nc3s2)c1. The number of hydrogen-bond donors (Lipinski definition) is 1. The van der Waals surface area contributed by atoms with Crippen molar-refractivity contribution in [2.45, 2.75) is 45.4 Å². The van der Waals surface area contributed by atoms with Gasteiger partial charge in [0.1, 0.15) is 10.8 Å². The van der Waals surface area contributed by atoms with Crippen LogP contribution in [0, 0.1) is 10.1 Å². The monoisotopic (exact) mass is 417 g/mol. The normalized spacial score (nSPS) is 11.1. The van der Waals surface area contributed by atoms with Crippen molar-refractivity contribution in [2.24, 2.45) is 0 Å². The van der Waals surface area contributed by atoms with Crippen molar-refractivity contribution in [3.63, 3.8) is 0 Å². The molecule has 0 fully saturated rings. The van der Waals surface area contributed by atoms with Gasteiger partial charge in [0.15, 0.2) is 0 Å². The molecular weight excluding hydrogens is 394 g/mol. The third-order valence-corrected chi connectivity index (χ3v) is 5.40. The van der Waals surface area contributed by atoms with Crippen LogP contribution in [0.3, 0.4) is 0 Å². The number of fused-ring (bicyclic) bond motifs is 1. The van der Waals surface area contributed by atoms with Gasteiger partial charge < -0.3 is 10.5 Å². The highest BCUT2D eigenvalue weighted by Gasteiger charge is 2.23. The van der Waals surface area contributed by atoms with Crippen LogP contribution in [0.25, 0.3) is 4.96 Å². The van der Waals surface area contributed by atoms with Crippen molar-refractivity contribution in [2.75, 3.05) is 12.3 Å². The fourth-order valence-electron chi connectivity index (χ4n) is 2.93. The van der Waals surface area contributed by atoms with Crippen LogP contribution in [0.4, 0.5) is 11.5 Å². The van der Waals surface area contributed by atoms with Crippen LogP contribution in [-0.2, 0) is 12.8 Å². The summed E-state index contributed by atoms with van der Waals surface area (Å²) in [6.45, 7) is 2.88. The van der Waals surface area contributed by atoms with E-state index in [0.717, 1.165) is 22.2 Å². The second kappa shape index (κ2) is 9.46. The summed E-state index contributed by atoms with van der Waals surface area (Å²) in [4.78, 5) is 26.6. The minimum Gasteiger partial charge on any atom is -0.494 e. The highest BCUT2D eigenvalue weighted by molar-refractivity contribution is 7.16. The van der Waals surface area contributed by atoms with Crippen LogP contribution in [-0.4, -0.2) is 26.1 Å². The average Bonchev–Trinajstić information content (AvgIpc) is 3.09. The van der Waals surface area contributed by atoms with Gasteiger partial charge in [-0.1, -0.05) is 49.7 Å². The average molecular weight is 417 g/mol. The molecule has 0 saturated heterocycles. The number of aryl methyl sites for hydroxylation is 2. The lowest BCUT2D eigenvalue weighted by molar-refractivity contribution is -0.385. The molecule has 2 aromatic heterocycles. The van der Waals surface area contributed by atoms with Crippen molar-refractivity contribution in [3.05, 3.63) is 55.3 Å². The maximum atomic E-state index is 12.2. The van der Waals surface area contributed by atoms with Crippen LogP contribution in [0.1, 0.15) is 43.2 Å². The molecule has 0 aliphatic rings. The zero-order valence-electron chi connectivity index (χ0n) is 16.2. The number of ether oxygens (including phenoxy) is 1. The van der Waals surface area contributed by atoms with E-state index in [1.165, 1.54) is 30.6 Å². The molecule has 9 nitrogen and oxygen atoms in total. The number of nitrogens with zero attached hydrogens (tertiary/aromatic N) is 4. The molecule has 0 atom stereocenters. The van der Waals surface area contributed by atoms with E-state index in [1.54, 1.807) is 0 Å². The first-order valence-corrected chi connectivity index (χ1v) is 10.4. The molecule has 0 aliphatic heterocycles. The third kappa shape index (κ3) is 5.08. The molecule has 0 bridgehead atoms. The Bertz CT molecular complexity index is 1060. The minimum absolute atomic E-state index is 0.247. The molecule has 0 unspecified atom stereocenters. The van der Waals surface area contributed by atoms with Crippen LogP contribution >= 0.6 is 11.3 Å². The molecule has 0 amide bonds. The zero-order chi connectivity index (χ0) is 20.8. The van der Waals surface area contributed by atoms with Gasteiger partial charge in [0.05, 0.1) is 11.5 Å². The summed E-state index contributed by atoms with van der Waals surface area (Å²) in [5, 5.41) is 15.8. The summed E-state index contributed by atoms with van der Waals surface area (Å²) in [6, 6.07) is 7.89. The number of hydrogen-bond acceptors (Lipinski definition) is 8. The summed E-state index contributed by atoms with van der Waals surface area (Å²) in [5.74, 6) is 0.448. The Morgan fingerprint density at radius 3 is 2.86 bits per heavy atom. The molecule has 3 rings (SSSR count). The van der Waals surface area contributed by atoms with Gasteiger partial charge in [0.2, 0.25) is 10.8 Å². The Morgan fingerprint density at radius 2 is 2.10 bits per heavy atom. The highest BCUT2D eigenvalue weighted by atomic mass is 32.1. The molecule has 3 aromatic rings. The second-order valence-corrected chi connectivity index (χ2v) is 7.70. The molecule has 2 heterocycles. The number of nitrogens with two attached hydrogens (primary N) is 1. The van der Waals surface area contributed by atoms with Crippen molar-refractivity contribution in [1.82, 2.24) is 14.6 Å². The first-order chi connectivity index (χ1) is 14.0. The Hall–Kier alpha value is -3.01. The van der Waals surface area contributed by atoms with E-state index in [-0.39, 0.29) is 10.8 Å². The lowest BCUT2D eigenvalue weighted by Gasteiger charge is -2.07. The number of anilines is 1. The molecule has 29 heavy (non-hydrogen) atoms. The van der Waals surface area contributed by atoms with Gasteiger partial charge in [-0.25, -0.2) is 0 Å². The molecule has 0 spiro atoms. The summed E-state index contributed by atoms with van der Waals surface area (Å²) in [6.07, 6.45) is 5.89. The molecule has 1 aromatic carbocycles. The number of benzene rings is 1. The standard InChI is InChI=1S/C19H23N5O4S/c1-2-3-4-5-11-28-14-8-6-7-13(12-14)9-10-15-22-23-18(25)16(24(26)27)17(20)21-19(23)29-15/h6-8,12H,2-5,9-11,20H2,1H3. The molecule has 0 saturated carbocycles. The zero-order valence-corrected chi connectivity index (χ0v) is 17.0. The summed E-state index contributed by atoms with van der Waals surface area (Å²) in [5.41, 5.74) is 5.02. The van der Waals surface area contributed by atoms with Crippen molar-refractivity contribution < 1.29 is 9.66 Å². The number of nitro groups is 1. The van der Waals surface area contributed by atoms with E-state index >= 15 is 0 Å². The fourth-order valence-corrected chi connectivity index (χ4v) is 3.82. The summed E-state index contributed by atoms with van der Waals surface area (Å²) in [7, 11) is 0. The highest BCUT2D eigenvalue weighted by Crippen LogP contribution is 2.20. The largest absolute Gasteiger partial charge is 0.494 e. The van der Waals surface area contributed by atoms with Gasteiger partial charge in [0, 0.05) is 6.42 Å². The molecule has 2 N–H and O–H groups in total. The molecule has 0 radical (unpaired) electrons. The topological polar surface area (TPSA) is 126 Å². The van der Waals surface area contributed by atoms with Gasteiger partial charge in [-0.15, -0.1) is 0 Å². The first-order valence-electron chi connectivity index (χ1n) is 9.54. The quantitative estimate of drug-likeness (QED) is 0.304. The summed E-state index contributed by atoms with van der Waals surface area (Å²) < 4.78 is 6.76. The predicted octanol–water partition coefficient (Wildman–Crippen LogP) is 3.39. The van der Waals surface area contributed by atoms with E-state index < -0.39 is 16.2 Å². The lowest BCUT2D eigenvalue weighted by atomic mass is 10.1. The third-order valence-electron chi connectivity index (χ3n) is 4.43. The van der Waals surface area contributed by atoms with Crippen LogP contribution < -0.4 is 16.0 Å². The Morgan fingerprint density at radius 1 is 1.28 bits per heavy atom. The molecule has 154 valence electrons. The van der Waals surface area contributed by atoms with E-state index in [2.05, 4.69) is 17.0 Å². The molecular formula is C19H23N5O4S. The number of rotatable bonds is 10. The Kier molecular flexibility index (Phi) is 6.76. The van der Waals surface area contributed by atoms with E-state index in [9.17, 15) is 14.9 Å². The van der Waals surface area contributed by atoms with Gasteiger partial charge in [-0.05, 0) is 30.5 Å². The van der Waals surface area contributed by atoms with Crippen molar-refractivity contribution in [1.29, 1.82) is 0 Å². The maximum absolute atomic E-state index is 12.2. The number of nitrogen functional groups attached to an aromatic ring is 1. The van der Waals surface area contributed by atoms with E-state index in [4.69, 9.17) is 10.5 Å². The number of aromatic nitrogens is 3. The molecule has 0 aliphatic carbocycles. The number of unbranched alkanes of at least 4 members (excludes halogenated alkanes) is 3. The first kappa shape index (κ1) is 20.7. The van der Waals surface area contributed by atoms with Gasteiger partial charge in [-0.3, -0.25) is 14.9 Å².